The Morgan fingerprint density at radius 3 is 2.23 bits per heavy atom. The maximum atomic E-state index is 12.9. The average molecular weight is 464 g/mol. The molecular formula is C18H14F6N4O2S. The number of rotatable bonds is 5. The molecule has 13 heteroatoms. The second-order valence-corrected chi connectivity index (χ2v) is 7.36. The van der Waals surface area contributed by atoms with Crippen LogP contribution in [0.25, 0.3) is 10.7 Å². The fourth-order valence-corrected chi connectivity index (χ4v) is 3.46. The van der Waals surface area contributed by atoms with Crippen LogP contribution in [0.15, 0.2) is 40.5 Å². The summed E-state index contributed by atoms with van der Waals surface area (Å²) in [6, 6.07) is 4.15. The number of nitrogens with one attached hydrogen (secondary N) is 1. The van der Waals surface area contributed by atoms with E-state index >= 15 is 0 Å². The van der Waals surface area contributed by atoms with Crippen molar-refractivity contribution < 1.29 is 31.1 Å². The Morgan fingerprint density at radius 2 is 1.71 bits per heavy atom. The van der Waals surface area contributed by atoms with Gasteiger partial charge in [0.25, 0.3) is 5.91 Å². The van der Waals surface area contributed by atoms with Crippen molar-refractivity contribution in [1.29, 1.82) is 0 Å². The number of carbonyl (C=O) groups excluding carboxylic acids is 1. The Labute approximate surface area is 174 Å². The Hall–Kier alpha value is -3.09. The van der Waals surface area contributed by atoms with E-state index in [9.17, 15) is 35.9 Å². The molecule has 31 heavy (non-hydrogen) atoms. The molecule has 0 radical (unpaired) electrons. The number of alkyl halides is 6. The van der Waals surface area contributed by atoms with Crippen LogP contribution in [0, 0.1) is 0 Å². The molecule has 2 heterocycles. The molecule has 0 atom stereocenters. The lowest BCUT2D eigenvalue weighted by molar-refractivity contribution is -0.143. The zero-order valence-corrected chi connectivity index (χ0v) is 16.5. The number of hydrogen-bond acceptors (Lipinski definition) is 4. The number of hydrogen-bond donors (Lipinski definition) is 1. The summed E-state index contributed by atoms with van der Waals surface area (Å²) in [6.07, 6.45) is -10.1. The lowest BCUT2D eigenvalue weighted by atomic mass is 10.0. The lowest BCUT2D eigenvalue weighted by Crippen LogP contribution is -2.32. The topological polar surface area (TPSA) is 68.9 Å². The van der Waals surface area contributed by atoms with Crippen LogP contribution in [-0.2, 0) is 25.9 Å². The van der Waals surface area contributed by atoms with Gasteiger partial charge in [-0.25, -0.2) is 9.48 Å². The largest absolute Gasteiger partial charge is 0.416 e. The highest BCUT2D eigenvalue weighted by Crippen LogP contribution is 2.36. The summed E-state index contributed by atoms with van der Waals surface area (Å²) in [4.78, 5) is 25.2. The summed E-state index contributed by atoms with van der Waals surface area (Å²) in [5.74, 6) is -0.752. The monoisotopic (exact) mass is 464 g/mol. The van der Waals surface area contributed by atoms with E-state index in [0.29, 0.717) is 18.0 Å². The fraction of sp³-hybridized carbons (Fsp3) is 0.278. The Balaban J connectivity index is 1.76. The van der Waals surface area contributed by atoms with Crippen molar-refractivity contribution in [2.75, 3.05) is 6.54 Å². The quantitative estimate of drug-likeness (QED) is 0.585. The van der Waals surface area contributed by atoms with E-state index in [1.165, 1.54) is 23.0 Å². The first-order chi connectivity index (χ1) is 14.4. The molecule has 0 unspecified atom stereocenters. The molecule has 0 saturated carbocycles. The first kappa shape index (κ1) is 22.6. The van der Waals surface area contributed by atoms with Crippen LogP contribution in [0.3, 0.4) is 0 Å². The molecule has 0 bridgehead atoms. The maximum Gasteiger partial charge on any atom is 0.416 e. The van der Waals surface area contributed by atoms with Gasteiger partial charge in [0.2, 0.25) is 0 Å². The summed E-state index contributed by atoms with van der Waals surface area (Å²) in [5, 5.41) is 8.15. The van der Waals surface area contributed by atoms with Gasteiger partial charge in [0.15, 0.2) is 5.82 Å². The van der Waals surface area contributed by atoms with E-state index in [2.05, 4.69) is 10.4 Å². The summed E-state index contributed by atoms with van der Waals surface area (Å²) in [6.45, 7) is -0.369. The summed E-state index contributed by atoms with van der Waals surface area (Å²) in [5.41, 5.74) is -4.46. The first-order valence-electron chi connectivity index (χ1n) is 8.63. The number of thiophene rings is 1. The Morgan fingerprint density at radius 1 is 1.10 bits per heavy atom. The molecule has 0 fully saturated rings. The average Bonchev–Trinajstić information content (AvgIpc) is 3.30. The van der Waals surface area contributed by atoms with Gasteiger partial charge in [-0.05, 0) is 29.6 Å². The highest BCUT2D eigenvalue weighted by Gasteiger charge is 2.37. The highest BCUT2D eigenvalue weighted by atomic mass is 32.1. The van der Waals surface area contributed by atoms with Crippen LogP contribution in [0.4, 0.5) is 26.3 Å². The van der Waals surface area contributed by atoms with Crippen molar-refractivity contribution in [3.63, 3.8) is 0 Å². The molecule has 0 saturated heterocycles. The third-order valence-corrected chi connectivity index (χ3v) is 5.11. The van der Waals surface area contributed by atoms with Gasteiger partial charge < -0.3 is 5.32 Å². The normalized spacial score (nSPS) is 12.2. The van der Waals surface area contributed by atoms with Crippen LogP contribution in [0.1, 0.15) is 21.5 Å². The number of halogens is 6. The van der Waals surface area contributed by atoms with Crippen molar-refractivity contribution >= 4 is 17.2 Å². The first-order valence-corrected chi connectivity index (χ1v) is 9.51. The summed E-state index contributed by atoms with van der Waals surface area (Å²) in [7, 11) is 1.50. The van der Waals surface area contributed by atoms with Gasteiger partial charge in [0.05, 0.1) is 22.5 Å². The molecule has 3 aromatic rings. The minimum absolute atomic E-state index is 0.0592. The standard InChI is InChI=1S/C18H14F6N4O2S/c1-27-14(13-3-2-6-31-13)26-28(16(27)30)5-4-25-15(29)10-7-11(17(19,20)21)9-12(8-10)18(22,23)24/h2-3,6-9H,4-5H2,1H3,(H,25,29). The van der Waals surface area contributed by atoms with Crippen molar-refractivity contribution in [2.24, 2.45) is 7.05 Å². The molecular weight excluding hydrogens is 450 g/mol. The number of benzene rings is 1. The van der Waals surface area contributed by atoms with E-state index in [4.69, 9.17) is 0 Å². The SMILES string of the molecule is Cn1c(-c2cccs2)nn(CCNC(=O)c2cc(C(F)(F)F)cc(C(F)(F)F)c2)c1=O. The maximum absolute atomic E-state index is 12.9. The van der Waals surface area contributed by atoms with Gasteiger partial charge >= 0.3 is 18.0 Å². The number of carbonyl (C=O) groups is 1. The molecule has 1 aromatic carbocycles. The second-order valence-electron chi connectivity index (χ2n) is 6.42. The molecule has 0 aliphatic heterocycles. The van der Waals surface area contributed by atoms with Crippen LogP contribution >= 0.6 is 11.3 Å². The summed E-state index contributed by atoms with van der Waals surface area (Å²) >= 11 is 1.36. The van der Waals surface area contributed by atoms with E-state index in [1.807, 2.05) is 0 Å². The predicted octanol–water partition coefficient (Wildman–Crippen LogP) is 3.78. The van der Waals surface area contributed by atoms with Crippen LogP contribution < -0.4 is 11.0 Å². The van der Waals surface area contributed by atoms with Gasteiger partial charge in [-0.2, -0.15) is 26.3 Å². The third kappa shape index (κ3) is 4.98. The van der Waals surface area contributed by atoms with Gasteiger partial charge in [-0.1, -0.05) is 6.07 Å². The van der Waals surface area contributed by atoms with E-state index in [0.717, 1.165) is 9.56 Å². The molecule has 6 nitrogen and oxygen atoms in total. The molecule has 166 valence electrons. The van der Waals surface area contributed by atoms with Crippen LogP contribution in [0.5, 0.6) is 0 Å². The van der Waals surface area contributed by atoms with Crippen molar-refractivity contribution in [3.05, 3.63) is 62.9 Å². The minimum atomic E-state index is -5.06. The fourth-order valence-electron chi connectivity index (χ4n) is 2.72. The van der Waals surface area contributed by atoms with E-state index < -0.39 is 40.6 Å². The summed E-state index contributed by atoms with van der Waals surface area (Å²) < 4.78 is 79.9. The number of aromatic nitrogens is 3. The highest BCUT2D eigenvalue weighted by molar-refractivity contribution is 7.13. The third-order valence-electron chi connectivity index (χ3n) is 4.24. The number of nitrogens with zero attached hydrogens (tertiary/aromatic N) is 3. The smallest absolute Gasteiger partial charge is 0.350 e. The van der Waals surface area contributed by atoms with Crippen molar-refractivity contribution in [3.8, 4) is 10.7 Å². The molecule has 1 amide bonds. The van der Waals surface area contributed by atoms with Gasteiger partial charge in [-0.3, -0.25) is 9.36 Å². The zero-order chi connectivity index (χ0) is 23.0. The zero-order valence-electron chi connectivity index (χ0n) is 15.7. The number of amides is 1. The van der Waals surface area contributed by atoms with Crippen LogP contribution in [0.2, 0.25) is 0 Å². The molecule has 1 N–H and O–H groups in total. The Kier molecular flexibility index (Phi) is 5.98. The van der Waals surface area contributed by atoms with Crippen molar-refractivity contribution in [1.82, 2.24) is 19.7 Å². The second kappa shape index (κ2) is 8.21. The lowest BCUT2D eigenvalue weighted by Gasteiger charge is -2.14. The predicted molar refractivity (Wildman–Crippen MR) is 99.6 cm³/mol. The molecule has 0 aliphatic rings. The molecule has 3 rings (SSSR count). The van der Waals surface area contributed by atoms with Gasteiger partial charge in [0.1, 0.15) is 0 Å². The van der Waals surface area contributed by atoms with E-state index in [1.54, 1.807) is 17.5 Å². The molecule has 0 spiro atoms. The van der Waals surface area contributed by atoms with Crippen LogP contribution in [-0.4, -0.2) is 26.8 Å². The minimum Gasteiger partial charge on any atom is -0.350 e. The van der Waals surface area contributed by atoms with Gasteiger partial charge in [-0.15, -0.1) is 16.4 Å². The van der Waals surface area contributed by atoms with Crippen molar-refractivity contribution in [2.45, 2.75) is 18.9 Å². The molecule has 2 aromatic heterocycles. The Bertz CT molecular complexity index is 1110. The van der Waals surface area contributed by atoms with E-state index in [-0.39, 0.29) is 19.2 Å². The molecule has 0 aliphatic carbocycles. The van der Waals surface area contributed by atoms with Gasteiger partial charge in [0, 0.05) is 19.2 Å².